The van der Waals surface area contributed by atoms with Crippen molar-refractivity contribution in [2.24, 2.45) is 0 Å². The molecule has 1 amide bonds. The van der Waals surface area contributed by atoms with Gasteiger partial charge in [0.2, 0.25) is 0 Å². The number of para-hydroxylation sites is 2. The third-order valence-corrected chi connectivity index (χ3v) is 4.65. The molecule has 0 bridgehead atoms. The summed E-state index contributed by atoms with van der Waals surface area (Å²) in [6, 6.07) is 15.7. The van der Waals surface area contributed by atoms with E-state index < -0.39 is 0 Å². The van der Waals surface area contributed by atoms with Crippen LogP contribution in [0.5, 0.6) is 5.75 Å². The van der Waals surface area contributed by atoms with Gasteiger partial charge in [-0.1, -0.05) is 36.4 Å². The molecule has 0 saturated carbocycles. The summed E-state index contributed by atoms with van der Waals surface area (Å²) < 4.78 is 7.62. The molecule has 0 aliphatic rings. The van der Waals surface area contributed by atoms with E-state index in [1.54, 1.807) is 6.20 Å². The van der Waals surface area contributed by atoms with Crippen LogP contribution < -0.4 is 10.1 Å². The number of rotatable bonds is 6. The van der Waals surface area contributed by atoms with Crippen molar-refractivity contribution in [2.45, 2.75) is 33.7 Å². The lowest BCUT2D eigenvalue weighted by atomic mass is 10.1. The fourth-order valence-corrected chi connectivity index (χ4v) is 3.20. The standard InChI is InChI=1S/C22H25N3O2/c1-15-9-8-10-16(2)22(15)27-14-21(26)24-17(3)20-13-23-25(18(20)4)19-11-6-5-7-12-19/h5-13,17H,14H2,1-4H3,(H,24,26). The third-order valence-electron chi connectivity index (χ3n) is 4.65. The fraction of sp³-hybridized carbons (Fsp3) is 0.273. The molecule has 0 spiro atoms. The second-order valence-electron chi connectivity index (χ2n) is 6.73. The van der Waals surface area contributed by atoms with E-state index >= 15 is 0 Å². The van der Waals surface area contributed by atoms with Crippen molar-refractivity contribution in [3.05, 3.63) is 77.1 Å². The highest BCUT2D eigenvalue weighted by Crippen LogP contribution is 2.23. The number of amides is 1. The van der Waals surface area contributed by atoms with Crippen LogP contribution in [-0.4, -0.2) is 22.3 Å². The third kappa shape index (κ3) is 4.19. The van der Waals surface area contributed by atoms with Crippen LogP contribution in [0.4, 0.5) is 0 Å². The Kier molecular flexibility index (Phi) is 5.60. The van der Waals surface area contributed by atoms with Crippen LogP contribution >= 0.6 is 0 Å². The first-order valence-electron chi connectivity index (χ1n) is 9.05. The summed E-state index contributed by atoms with van der Waals surface area (Å²) in [7, 11) is 0. The predicted octanol–water partition coefficient (Wildman–Crippen LogP) is 4.05. The Labute approximate surface area is 160 Å². The summed E-state index contributed by atoms with van der Waals surface area (Å²) in [5.74, 6) is 0.616. The Morgan fingerprint density at radius 3 is 2.41 bits per heavy atom. The van der Waals surface area contributed by atoms with Crippen LogP contribution in [0.3, 0.4) is 0 Å². The summed E-state index contributed by atoms with van der Waals surface area (Å²) in [6.45, 7) is 7.90. The number of nitrogens with zero attached hydrogens (tertiary/aromatic N) is 2. The molecule has 2 aromatic carbocycles. The number of carbonyl (C=O) groups excluding carboxylic acids is 1. The van der Waals surface area contributed by atoms with Gasteiger partial charge in [0, 0.05) is 11.3 Å². The first-order chi connectivity index (χ1) is 13.0. The normalized spacial score (nSPS) is 11.9. The number of ether oxygens (including phenoxy) is 1. The molecule has 0 radical (unpaired) electrons. The van der Waals surface area contributed by atoms with Crippen molar-refractivity contribution < 1.29 is 9.53 Å². The van der Waals surface area contributed by atoms with Crippen molar-refractivity contribution in [2.75, 3.05) is 6.61 Å². The van der Waals surface area contributed by atoms with Gasteiger partial charge in [0.15, 0.2) is 6.61 Å². The number of hydrogen-bond donors (Lipinski definition) is 1. The van der Waals surface area contributed by atoms with Crippen molar-refractivity contribution >= 4 is 5.91 Å². The van der Waals surface area contributed by atoms with E-state index in [2.05, 4.69) is 10.4 Å². The molecule has 1 unspecified atom stereocenters. The minimum atomic E-state index is -0.156. The van der Waals surface area contributed by atoms with Gasteiger partial charge in [-0.15, -0.1) is 0 Å². The molecule has 5 heteroatoms. The van der Waals surface area contributed by atoms with Crippen molar-refractivity contribution in [1.29, 1.82) is 0 Å². The lowest BCUT2D eigenvalue weighted by molar-refractivity contribution is -0.123. The van der Waals surface area contributed by atoms with Crippen LogP contribution in [0.1, 0.15) is 35.3 Å². The van der Waals surface area contributed by atoms with Gasteiger partial charge in [-0.25, -0.2) is 4.68 Å². The quantitative estimate of drug-likeness (QED) is 0.719. The summed E-state index contributed by atoms with van der Waals surface area (Å²) in [6.07, 6.45) is 1.81. The highest BCUT2D eigenvalue weighted by atomic mass is 16.5. The van der Waals surface area contributed by atoms with Gasteiger partial charge in [0.25, 0.3) is 5.91 Å². The van der Waals surface area contributed by atoms with Crippen molar-refractivity contribution in [3.63, 3.8) is 0 Å². The molecule has 5 nitrogen and oxygen atoms in total. The average Bonchev–Trinajstić information content (AvgIpc) is 3.03. The van der Waals surface area contributed by atoms with Gasteiger partial charge < -0.3 is 10.1 Å². The molecule has 1 N–H and O–H groups in total. The van der Waals surface area contributed by atoms with Gasteiger partial charge in [-0.05, 0) is 51.0 Å². The topological polar surface area (TPSA) is 56.1 Å². The van der Waals surface area contributed by atoms with Crippen LogP contribution in [-0.2, 0) is 4.79 Å². The Morgan fingerprint density at radius 1 is 1.07 bits per heavy atom. The Hall–Kier alpha value is -3.08. The van der Waals surface area contributed by atoms with Crippen molar-refractivity contribution in [1.82, 2.24) is 15.1 Å². The number of benzene rings is 2. The van der Waals surface area contributed by atoms with E-state index in [0.29, 0.717) is 0 Å². The molecule has 0 fully saturated rings. The van der Waals surface area contributed by atoms with Gasteiger partial charge in [-0.2, -0.15) is 5.10 Å². The van der Waals surface area contributed by atoms with Gasteiger partial charge in [0.1, 0.15) is 5.75 Å². The maximum atomic E-state index is 12.3. The summed E-state index contributed by atoms with van der Waals surface area (Å²) >= 11 is 0. The summed E-state index contributed by atoms with van der Waals surface area (Å²) in [5, 5.41) is 7.46. The van der Waals surface area contributed by atoms with Crippen LogP contribution in [0, 0.1) is 20.8 Å². The average molecular weight is 363 g/mol. The largest absolute Gasteiger partial charge is 0.483 e. The second-order valence-corrected chi connectivity index (χ2v) is 6.73. The number of hydrogen-bond acceptors (Lipinski definition) is 3. The molecule has 3 aromatic rings. The first-order valence-corrected chi connectivity index (χ1v) is 9.05. The summed E-state index contributed by atoms with van der Waals surface area (Å²) in [4.78, 5) is 12.3. The van der Waals surface area contributed by atoms with Crippen molar-refractivity contribution in [3.8, 4) is 11.4 Å². The van der Waals surface area contributed by atoms with E-state index in [0.717, 1.165) is 33.8 Å². The number of carbonyl (C=O) groups is 1. The number of nitrogens with one attached hydrogen (secondary N) is 1. The summed E-state index contributed by atoms with van der Waals surface area (Å²) in [5.41, 5.74) is 5.04. The molecule has 27 heavy (non-hydrogen) atoms. The van der Waals surface area contributed by atoms with Gasteiger partial charge in [-0.3, -0.25) is 4.79 Å². The zero-order valence-electron chi connectivity index (χ0n) is 16.2. The molecule has 3 rings (SSSR count). The molecule has 1 heterocycles. The van der Waals surface area contributed by atoms with E-state index in [9.17, 15) is 4.79 Å². The molecule has 0 aliphatic heterocycles. The van der Waals surface area contributed by atoms with Crippen LogP contribution in [0.2, 0.25) is 0 Å². The maximum absolute atomic E-state index is 12.3. The minimum absolute atomic E-state index is 0.0120. The lowest BCUT2D eigenvalue weighted by Gasteiger charge is -2.16. The Morgan fingerprint density at radius 2 is 1.74 bits per heavy atom. The Bertz CT molecular complexity index is 912. The number of aromatic nitrogens is 2. The van der Waals surface area contributed by atoms with Gasteiger partial charge in [0.05, 0.1) is 17.9 Å². The maximum Gasteiger partial charge on any atom is 0.258 e. The first kappa shape index (κ1) is 18.7. The molecule has 0 saturated heterocycles. The molecule has 140 valence electrons. The molecular formula is C22H25N3O2. The van der Waals surface area contributed by atoms with E-state index in [-0.39, 0.29) is 18.6 Å². The fourth-order valence-electron chi connectivity index (χ4n) is 3.20. The highest BCUT2D eigenvalue weighted by Gasteiger charge is 2.17. The van der Waals surface area contributed by atoms with Crippen LogP contribution in [0.15, 0.2) is 54.7 Å². The second kappa shape index (κ2) is 8.08. The monoisotopic (exact) mass is 363 g/mol. The zero-order chi connectivity index (χ0) is 19.4. The number of aryl methyl sites for hydroxylation is 2. The SMILES string of the molecule is Cc1cccc(C)c1OCC(=O)NC(C)c1cnn(-c2ccccc2)c1C. The predicted molar refractivity (Wildman–Crippen MR) is 106 cm³/mol. The lowest BCUT2D eigenvalue weighted by Crippen LogP contribution is -2.31. The molecule has 1 atom stereocenters. The molecular weight excluding hydrogens is 338 g/mol. The molecule has 0 aliphatic carbocycles. The Balaban J connectivity index is 1.64. The van der Waals surface area contributed by atoms with E-state index in [1.165, 1.54) is 0 Å². The van der Waals surface area contributed by atoms with Crippen LogP contribution in [0.25, 0.3) is 5.69 Å². The smallest absolute Gasteiger partial charge is 0.258 e. The highest BCUT2D eigenvalue weighted by molar-refractivity contribution is 5.78. The molecule has 1 aromatic heterocycles. The zero-order valence-corrected chi connectivity index (χ0v) is 16.2. The van der Waals surface area contributed by atoms with E-state index in [1.807, 2.05) is 80.9 Å². The van der Waals surface area contributed by atoms with Gasteiger partial charge >= 0.3 is 0 Å². The van der Waals surface area contributed by atoms with E-state index in [4.69, 9.17) is 4.74 Å². The minimum Gasteiger partial charge on any atom is -0.483 e.